The molecule has 2 aliphatic heterocycles. The zero-order valence-electron chi connectivity index (χ0n) is 17.4. The molecule has 32 heavy (non-hydrogen) atoms. The molecule has 3 atom stereocenters. The van der Waals surface area contributed by atoms with Crippen LogP contribution in [0, 0.1) is 0 Å². The van der Waals surface area contributed by atoms with E-state index in [1.807, 2.05) is 4.90 Å². The van der Waals surface area contributed by atoms with Gasteiger partial charge in [0.1, 0.15) is 11.9 Å². The number of alkyl halides is 3. The number of carbonyl (C=O) groups is 2. The Balaban J connectivity index is 1.45. The number of hydrogen-bond acceptors (Lipinski definition) is 6. The van der Waals surface area contributed by atoms with E-state index < -0.39 is 23.7 Å². The second-order valence-corrected chi connectivity index (χ2v) is 9.52. The number of amides is 2. The van der Waals surface area contributed by atoms with E-state index >= 15 is 0 Å². The average molecular weight is 469 g/mol. The number of nitrogens with one attached hydrogen (secondary N) is 2. The molecule has 2 aromatic rings. The van der Waals surface area contributed by atoms with E-state index in [2.05, 4.69) is 15.6 Å². The summed E-state index contributed by atoms with van der Waals surface area (Å²) in [5.74, 6) is -0.243. The zero-order valence-corrected chi connectivity index (χ0v) is 18.2. The van der Waals surface area contributed by atoms with E-state index in [9.17, 15) is 22.8 Å². The number of hydrogen-bond donors (Lipinski definition) is 2. The number of anilines is 1. The number of pyridine rings is 1. The monoisotopic (exact) mass is 468 g/mol. The predicted octanol–water partition coefficient (Wildman–Crippen LogP) is 4.06. The first-order valence-corrected chi connectivity index (χ1v) is 11.6. The van der Waals surface area contributed by atoms with Crippen LogP contribution in [0.25, 0.3) is 10.2 Å². The number of fused-ring (bicyclic) bond motifs is 3. The van der Waals surface area contributed by atoms with Crippen LogP contribution in [-0.2, 0) is 10.9 Å². The van der Waals surface area contributed by atoms with Gasteiger partial charge in [0, 0.05) is 43.4 Å². The predicted molar refractivity (Wildman–Crippen MR) is 113 cm³/mol. The Labute approximate surface area is 186 Å². The molecule has 2 N–H and O–H groups in total. The second kappa shape index (κ2) is 7.79. The Morgan fingerprint density at radius 1 is 1.19 bits per heavy atom. The van der Waals surface area contributed by atoms with Crippen molar-refractivity contribution in [2.45, 2.75) is 68.9 Å². The highest BCUT2D eigenvalue weighted by atomic mass is 32.1. The van der Waals surface area contributed by atoms with Crippen molar-refractivity contribution in [3.8, 4) is 0 Å². The minimum atomic E-state index is -4.57. The molecule has 2 saturated heterocycles. The van der Waals surface area contributed by atoms with Gasteiger partial charge < -0.3 is 20.3 Å². The van der Waals surface area contributed by atoms with Crippen LogP contribution in [-0.4, -0.2) is 48.3 Å². The summed E-state index contributed by atoms with van der Waals surface area (Å²) in [4.78, 5) is 30.7. The molecule has 0 radical (unpaired) electrons. The minimum absolute atomic E-state index is 0.0397. The molecule has 1 saturated carbocycles. The third kappa shape index (κ3) is 3.87. The van der Waals surface area contributed by atoms with Gasteiger partial charge in [-0.25, -0.2) is 9.78 Å². The smallest absolute Gasteiger partial charge is 0.417 e. The summed E-state index contributed by atoms with van der Waals surface area (Å²) in [6.45, 7) is 0. The molecular formula is C21H23F3N4O3S. The fourth-order valence-corrected chi connectivity index (χ4v) is 5.83. The lowest BCUT2D eigenvalue weighted by Gasteiger charge is -2.39. The van der Waals surface area contributed by atoms with Crippen molar-refractivity contribution in [2.24, 2.45) is 0 Å². The van der Waals surface area contributed by atoms with E-state index in [4.69, 9.17) is 4.74 Å². The fourth-order valence-electron chi connectivity index (χ4n) is 4.81. The molecule has 3 aliphatic rings. The highest BCUT2D eigenvalue weighted by molar-refractivity contribution is 7.17. The van der Waals surface area contributed by atoms with Crippen molar-refractivity contribution < 1.29 is 27.5 Å². The van der Waals surface area contributed by atoms with E-state index in [1.165, 1.54) is 12.4 Å². The van der Waals surface area contributed by atoms with Gasteiger partial charge in [-0.1, -0.05) is 0 Å². The van der Waals surface area contributed by atoms with Gasteiger partial charge in [0.25, 0.3) is 5.91 Å². The molecule has 1 aliphatic carbocycles. The van der Waals surface area contributed by atoms with Crippen LogP contribution < -0.4 is 15.5 Å². The summed E-state index contributed by atoms with van der Waals surface area (Å²) in [6, 6.07) is 1.16. The van der Waals surface area contributed by atoms with Crippen molar-refractivity contribution in [2.75, 3.05) is 11.9 Å². The summed E-state index contributed by atoms with van der Waals surface area (Å²) >= 11 is 0.874. The minimum Gasteiger partial charge on any atom is -0.446 e. The fraction of sp³-hybridized carbons (Fsp3) is 0.571. The van der Waals surface area contributed by atoms with Crippen LogP contribution in [0.1, 0.15) is 54.4 Å². The summed E-state index contributed by atoms with van der Waals surface area (Å²) in [5.41, 5.74) is -0.567. The quantitative estimate of drug-likeness (QED) is 0.707. The Hall–Kier alpha value is -2.56. The van der Waals surface area contributed by atoms with Gasteiger partial charge in [0.05, 0.1) is 21.3 Å². The highest BCUT2D eigenvalue weighted by Crippen LogP contribution is 2.44. The molecule has 3 fully saturated rings. The molecule has 5 rings (SSSR count). The first-order valence-electron chi connectivity index (χ1n) is 10.7. The van der Waals surface area contributed by atoms with Crippen molar-refractivity contribution >= 4 is 39.4 Å². The Kier molecular flexibility index (Phi) is 5.18. The lowest BCUT2D eigenvalue weighted by molar-refractivity contribution is -0.136. The molecule has 1 unspecified atom stereocenters. The third-order valence-electron chi connectivity index (χ3n) is 6.41. The van der Waals surface area contributed by atoms with Crippen molar-refractivity contribution in [3.05, 3.63) is 22.6 Å². The zero-order chi connectivity index (χ0) is 22.6. The van der Waals surface area contributed by atoms with E-state index in [0.717, 1.165) is 43.1 Å². The van der Waals surface area contributed by atoms with Crippen LogP contribution in [0.15, 0.2) is 11.4 Å². The van der Waals surface area contributed by atoms with Gasteiger partial charge in [0.15, 0.2) is 0 Å². The number of ether oxygens (including phenoxy) is 1. The molecule has 172 valence electrons. The number of rotatable bonds is 4. The number of thiophene rings is 1. The molecule has 0 aromatic carbocycles. The molecule has 11 heteroatoms. The van der Waals surface area contributed by atoms with Gasteiger partial charge in [-0.15, -0.1) is 11.3 Å². The molecule has 4 heterocycles. The summed E-state index contributed by atoms with van der Waals surface area (Å²) in [5, 5.41) is 6.70. The second-order valence-electron chi connectivity index (χ2n) is 8.64. The summed E-state index contributed by atoms with van der Waals surface area (Å²) in [7, 11) is 1.44. The topological polar surface area (TPSA) is 83.6 Å². The molecule has 7 nitrogen and oxygen atoms in total. The number of nitrogens with zero attached hydrogens (tertiary/aromatic N) is 2. The Morgan fingerprint density at radius 3 is 2.47 bits per heavy atom. The lowest BCUT2D eigenvalue weighted by atomic mass is 9.99. The van der Waals surface area contributed by atoms with Crippen LogP contribution in [0.5, 0.6) is 0 Å². The molecular weight excluding hydrogens is 445 g/mol. The van der Waals surface area contributed by atoms with E-state index in [1.54, 1.807) is 0 Å². The third-order valence-corrected chi connectivity index (χ3v) is 7.42. The number of piperidine rings is 1. The number of aromatic nitrogens is 1. The van der Waals surface area contributed by atoms with Gasteiger partial charge in [0.2, 0.25) is 0 Å². The highest BCUT2D eigenvalue weighted by Gasteiger charge is 2.44. The Bertz CT molecular complexity index is 1050. The SMILES string of the molecule is CNC(=O)c1csc2c(C(F)(F)F)cc(N3[C@@H]4CC[C@H]3CC(OC(=O)NC3CC3)C4)nc12. The maximum Gasteiger partial charge on any atom is 0.417 e. The molecule has 0 spiro atoms. The first kappa shape index (κ1) is 21.3. The summed E-state index contributed by atoms with van der Waals surface area (Å²) < 4.78 is 47.2. The molecule has 2 aromatic heterocycles. The van der Waals surface area contributed by atoms with Crippen LogP contribution in [0.3, 0.4) is 0 Å². The van der Waals surface area contributed by atoms with Crippen molar-refractivity contribution in [1.29, 1.82) is 0 Å². The molecule has 2 bridgehead atoms. The Morgan fingerprint density at radius 2 is 1.88 bits per heavy atom. The van der Waals surface area contributed by atoms with E-state index in [0.29, 0.717) is 12.8 Å². The molecule has 2 amide bonds. The number of alkyl carbamates (subject to hydrolysis) is 1. The van der Waals surface area contributed by atoms with Crippen LogP contribution in [0.2, 0.25) is 0 Å². The average Bonchev–Trinajstić information content (AvgIpc) is 3.37. The maximum atomic E-state index is 13.9. The van der Waals surface area contributed by atoms with Crippen LogP contribution >= 0.6 is 11.3 Å². The first-order chi connectivity index (χ1) is 15.2. The van der Waals surface area contributed by atoms with E-state index in [-0.39, 0.29) is 45.8 Å². The normalized spacial score (nSPS) is 25.1. The standard InChI is InChI=1S/C21H23F3N4O3S/c1-25-19(29)14-9-32-18-15(21(22,23)24)8-16(27-17(14)18)28-11-4-5-12(28)7-13(6-11)31-20(30)26-10-2-3-10/h8-13H,2-7H2,1H3,(H,25,29)(H,26,30)/t11-,12+,13?. The maximum absolute atomic E-state index is 13.9. The van der Waals surface area contributed by atoms with Gasteiger partial charge in [-0.3, -0.25) is 4.79 Å². The van der Waals surface area contributed by atoms with Crippen molar-refractivity contribution in [3.63, 3.8) is 0 Å². The van der Waals surface area contributed by atoms with Gasteiger partial charge in [-0.2, -0.15) is 13.2 Å². The van der Waals surface area contributed by atoms with Crippen LogP contribution in [0.4, 0.5) is 23.8 Å². The summed E-state index contributed by atoms with van der Waals surface area (Å²) in [6.07, 6.45) is -0.646. The van der Waals surface area contributed by atoms with Gasteiger partial charge >= 0.3 is 12.3 Å². The lowest BCUT2D eigenvalue weighted by Crippen LogP contribution is -2.47. The van der Waals surface area contributed by atoms with Crippen molar-refractivity contribution in [1.82, 2.24) is 15.6 Å². The largest absolute Gasteiger partial charge is 0.446 e. The number of carbonyl (C=O) groups excluding carboxylic acids is 2. The van der Waals surface area contributed by atoms with Gasteiger partial charge in [-0.05, 0) is 31.7 Å². The number of halogens is 3.